The summed E-state index contributed by atoms with van der Waals surface area (Å²) in [5, 5.41) is 3.22. The molecule has 0 saturated heterocycles. The summed E-state index contributed by atoms with van der Waals surface area (Å²) >= 11 is 0. The molecule has 1 amide bonds. The van der Waals surface area contributed by atoms with E-state index in [1.165, 1.54) is 5.56 Å². The minimum atomic E-state index is -0.0721. The third-order valence-electron chi connectivity index (χ3n) is 4.83. The van der Waals surface area contributed by atoms with Crippen LogP contribution in [0.25, 0.3) is 0 Å². The summed E-state index contributed by atoms with van der Waals surface area (Å²) in [5.74, 6) is 0.404. The molecule has 0 unspecified atom stereocenters. The van der Waals surface area contributed by atoms with Crippen molar-refractivity contribution < 1.29 is 4.79 Å². The van der Waals surface area contributed by atoms with Crippen LogP contribution in [-0.2, 0) is 6.54 Å². The van der Waals surface area contributed by atoms with E-state index in [0.717, 1.165) is 16.8 Å². The lowest BCUT2D eigenvalue weighted by molar-refractivity contribution is 0.0689. The molecule has 0 aliphatic carbocycles. The van der Waals surface area contributed by atoms with E-state index in [2.05, 4.69) is 35.2 Å². The van der Waals surface area contributed by atoms with Crippen LogP contribution < -0.4 is 5.32 Å². The summed E-state index contributed by atoms with van der Waals surface area (Å²) < 4.78 is 0. The molecular formula is C23H26N4O. The van der Waals surface area contributed by atoms with Gasteiger partial charge in [0.15, 0.2) is 0 Å². The lowest BCUT2D eigenvalue weighted by Gasteiger charge is -2.26. The van der Waals surface area contributed by atoms with Crippen molar-refractivity contribution in [1.82, 2.24) is 14.9 Å². The van der Waals surface area contributed by atoms with E-state index in [1.54, 1.807) is 12.4 Å². The van der Waals surface area contributed by atoms with Crippen LogP contribution in [0.1, 0.15) is 40.9 Å². The van der Waals surface area contributed by atoms with Crippen LogP contribution in [0.3, 0.4) is 0 Å². The lowest BCUT2D eigenvalue weighted by Crippen LogP contribution is -2.36. The molecule has 3 aromatic rings. The number of nitrogens with one attached hydrogen (secondary N) is 1. The normalized spacial score (nSPS) is 10.8. The van der Waals surface area contributed by atoms with Gasteiger partial charge in [0.25, 0.3) is 5.91 Å². The molecule has 3 rings (SSSR count). The highest BCUT2D eigenvalue weighted by molar-refractivity contribution is 5.93. The second-order valence-electron chi connectivity index (χ2n) is 7.18. The second kappa shape index (κ2) is 8.65. The van der Waals surface area contributed by atoms with Gasteiger partial charge in [0, 0.05) is 30.7 Å². The lowest BCUT2D eigenvalue weighted by atomic mass is 10.1. The Bertz CT molecular complexity index is 937. The molecule has 5 nitrogen and oxygen atoms in total. The topological polar surface area (TPSA) is 58.1 Å². The molecule has 0 fully saturated rings. The smallest absolute Gasteiger partial charge is 0.257 e. The van der Waals surface area contributed by atoms with Crippen molar-refractivity contribution in [3.8, 4) is 0 Å². The average molecular weight is 374 g/mol. The van der Waals surface area contributed by atoms with E-state index >= 15 is 0 Å². The fraction of sp³-hybridized carbons (Fsp3) is 0.261. The highest BCUT2D eigenvalue weighted by atomic mass is 16.2. The molecule has 28 heavy (non-hydrogen) atoms. The first-order valence-electron chi connectivity index (χ1n) is 9.46. The van der Waals surface area contributed by atoms with Gasteiger partial charge < -0.3 is 10.2 Å². The number of carbonyl (C=O) groups excluding carboxylic acids is 1. The van der Waals surface area contributed by atoms with E-state index < -0.39 is 0 Å². The molecule has 1 heterocycles. The Morgan fingerprint density at radius 3 is 2.32 bits per heavy atom. The molecule has 144 valence electrons. The number of amides is 1. The van der Waals surface area contributed by atoms with Gasteiger partial charge in [-0.3, -0.25) is 4.79 Å². The molecule has 0 bridgehead atoms. The first-order chi connectivity index (χ1) is 13.5. The molecule has 5 heteroatoms. The molecule has 0 spiro atoms. The Hall–Kier alpha value is -3.21. The van der Waals surface area contributed by atoms with Crippen molar-refractivity contribution in [2.75, 3.05) is 5.32 Å². The zero-order valence-corrected chi connectivity index (χ0v) is 16.8. The summed E-state index contributed by atoms with van der Waals surface area (Å²) in [6, 6.07) is 16.1. The van der Waals surface area contributed by atoms with Crippen LogP contribution in [-0.4, -0.2) is 26.8 Å². The Morgan fingerprint density at radius 1 is 1.00 bits per heavy atom. The highest BCUT2D eigenvalue weighted by Crippen LogP contribution is 2.21. The summed E-state index contributed by atoms with van der Waals surface area (Å²) in [7, 11) is 0. The van der Waals surface area contributed by atoms with Crippen LogP contribution in [0.15, 0.2) is 60.9 Å². The number of hydrogen-bond acceptors (Lipinski definition) is 4. The third kappa shape index (κ3) is 4.55. The van der Waals surface area contributed by atoms with Crippen LogP contribution in [0, 0.1) is 13.8 Å². The van der Waals surface area contributed by atoms with Gasteiger partial charge in [0.1, 0.15) is 0 Å². The van der Waals surface area contributed by atoms with E-state index in [4.69, 9.17) is 0 Å². The van der Waals surface area contributed by atoms with Crippen molar-refractivity contribution in [1.29, 1.82) is 0 Å². The van der Waals surface area contributed by atoms with Crippen LogP contribution >= 0.6 is 0 Å². The van der Waals surface area contributed by atoms with Gasteiger partial charge in [-0.15, -0.1) is 0 Å². The van der Waals surface area contributed by atoms with Crippen molar-refractivity contribution in [2.24, 2.45) is 0 Å². The number of carbonyl (C=O) groups is 1. The number of hydrogen-bond donors (Lipinski definition) is 1. The third-order valence-corrected chi connectivity index (χ3v) is 4.83. The quantitative estimate of drug-likeness (QED) is 0.667. The minimum Gasteiger partial charge on any atom is -0.332 e. The van der Waals surface area contributed by atoms with Gasteiger partial charge in [-0.05, 0) is 50.5 Å². The average Bonchev–Trinajstić information content (AvgIpc) is 2.70. The maximum atomic E-state index is 13.0. The first kappa shape index (κ1) is 19.5. The Morgan fingerprint density at radius 2 is 1.68 bits per heavy atom. The molecular weight excluding hydrogens is 348 g/mol. The zero-order valence-electron chi connectivity index (χ0n) is 16.8. The second-order valence-corrected chi connectivity index (χ2v) is 7.18. The first-order valence-corrected chi connectivity index (χ1v) is 9.46. The molecule has 0 atom stereocenters. The molecule has 2 aromatic carbocycles. The molecule has 1 aromatic heterocycles. The predicted molar refractivity (Wildman–Crippen MR) is 113 cm³/mol. The Labute approximate surface area is 166 Å². The van der Waals surface area contributed by atoms with Crippen molar-refractivity contribution >= 4 is 17.5 Å². The largest absolute Gasteiger partial charge is 0.332 e. The van der Waals surface area contributed by atoms with Crippen molar-refractivity contribution in [2.45, 2.75) is 40.3 Å². The molecule has 1 N–H and O–H groups in total. The summed E-state index contributed by atoms with van der Waals surface area (Å²) in [4.78, 5) is 23.5. The fourth-order valence-corrected chi connectivity index (χ4v) is 2.94. The maximum Gasteiger partial charge on any atom is 0.257 e. The SMILES string of the molecule is Cc1cccc(Nc2ncc(C(=O)N(Cc3ccccc3)C(C)C)cn2)c1C. The molecule has 0 aliphatic heterocycles. The maximum absolute atomic E-state index is 13.0. The number of rotatable bonds is 6. The number of aromatic nitrogens is 2. The number of nitrogens with zero attached hydrogens (tertiary/aromatic N) is 3. The fourth-order valence-electron chi connectivity index (χ4n) is 2.94. The van der Waals surface area contributed by atoms with Gasteiger partial charge in [0.05, 0.1) is 5.56 Å². The monoisotopic (exact) mass is 374 g/mol. The molecule has 0 aliphatic rings. The van der Waals surface area contributed by atoms with E-state index in [-0.39, 0.29) is 11.9 Å². The zero-order chi connectivity index (χ0) is 20.1. The minimum absolute atomic E-state index is 0.0699. The summed E-state index contributed by atoms with van der Waals surface area (Å²) in [6.45, 7) is 8.70. The van der Waals surface area contributed by atoms with Gasteiger partial charge in [0.2, 0.25) is 5.95 Å². The van der Waals surface area contributed by atoms with Crippen LogP contribution in [0.5, 0.6) is 0 Å². The van der Waals surface area contributed by atoms with Crippen molar-refractivity contribution in [3.63, 3.8) is 0 Å². The van der Waals surface area contributed by atoms with Crippen LogP contribution in [0.2, 0.25) is 0 Å². The summed E-state index contributed by atoms with van der Waals surface area (Å²) in [6.07, 6.45) is 3.17. The Balaban J connectivity index is 1.75. The Kier molecular flexibility index (Phi) is 6.04. The predicted octanol–water partition coefficient (Wildman–Crippen LogP) is 4.89. The van der Waals surface area contributed by atoms with E-state index in [1.807, 2.05) is 61.2 Å². The van der Waals surface area contributed by atoms with Gasteiger partial charge in [-0.25, -0.2) is 9.97 Å². The van der Waals surface area contributed by atoms with Gasteiger partial charge >= 0.3 is 0 Å². The van der Waals surface area contributed by atoms with E-state index in [0.29, 0.717) is 18.1 Å². The highest BCUT2D eigenvalue weighted by Gasteiger charge is 2.20. The van der Waals surface area contributed by atoms with Crippen LogP contribution in [0.4, 0.5) is 11.6 Å². The van der Waals surface area contributed by atoms with E-state index in [9.17, 15) is 4.79 Å². The molecule has 0 saturated carbocycles. The standard InChI is InChI=1S/C23H26N4O/c1-16(2)27(15-19-10-6-5-7-11-19)22(28)20-13-24-23(25-14-20)26-21-12-8-9-17(3)18(21)4/h5-14,16H,15H2,1-4H3,(H,24,25,26). The number of benzene rings is 2. The number of aryl methyl sites for hydroxylation is 1. The summed E-state index contributed by atoms with van der Waals surface area (Å²) in [5.41, 5.74) is 4.90. The van der Waals surface area contributed by atoms with Gasteiger partial charge in [-0.1, -0.05) is 42.5 Å². The van der Waals surface area contributed by atoms with Gasteiger partial charge in [-0.2, -0.15) is 0 Å². The molecule has 0 radical (unpaired) electrons. The van der Waals surface area contributed by atoms with Crippen molar-refractivity contribution in [3.05, 3.63) is 83.2 Å². The number of anilines is 2.